The van der Waals surface area contributed by atoms with Gasteiger partial charge in [0.1, 0.15) is 19.1 Å². The topological polar surface area (TPSA) is 111 Å². The smallest absolute Gasteiger partial charge is 0.319 e. The fourth-order valence-electron chi connectivity index (χ4n) is 5.50. The fraction of sp³-hybridized carbons (Fsp3) is 0.250. The van der Waals surface area contributed by atoms with Crippen LogP contribution in [0.3, 0.4) is 0 Å². The highest BCUT2D eigenvalue weighted by Gasteiger charge is 2.64. The van der Waals surface area contributed by atoms with Crippen LogP contribution in [0, 0.1) is 0 Å². The van der Waals surface area contributed by atoms with E-state index in [4.69, 9.17) is 37.7 Å². The molecule has 10 nitrogen and oxygen atoms in total. The molecule has 4 heterocycles. The number of amides is 2. The minimum atomic E-state index is -1.63. The van der Waals surface area contributed by atoms with Gasteiger partial charge in [-0.25, -0.2) is 14.4 Å². The number of hydrogen-bond donors (Lipinski definition) is 1. The molecule has 210 valence electrons. The van der Waals surface area contributed by atoms with Gasteiger partial charge < -0.3 is 19.4 Å². The number of nitrogens with zero attached hydrogens (tertiary/aromatic N) is 5. The normalized spacial score (nSPS) is 17.3. The molecule has 1 N–H and O–H groups in total. The van der Waals surface area contributed by atoms with E-state index in [0.717, 1.165) is 0 Å². The third-order valence-electron chi connectivity index (χ3n) is 7.00. The molecule has 0 fully saturated rings. The lowest BCUT2D eigenvalue weighted by Gasteiger charge is -2.35. The van der Waals surface area contributed by atoms with Crippen LogP contribution in [-0.2, 0) is 10.3 Å². The zero-order chi connectivity index (χ0) is 29.1. The number of aromatic nitrogens is 4. The van der Waals surface area contributed by atoms with Crippen molar-refractivity contribution in [2.45, 2.75) is 25.4 Å². The van der Waals surface area contributed by atoms with Crippen molar-refractivity contribution in [1.82, 2.24) is 19.5 Å². The summed E-state index contributed by atoms with van der Waals surface area (Å²) in [6.45, 7) is 2.90. The van der Waals surface area contributed by atoms with Crippen LogP contribution in [0.25, 0.3) is 11.4 Å². The average Bonchev–Trinajstić information content (AvgIpc) is 3.55. The number of methoxy groups -OCH3 is 1. The van der Waals surface area contributed by atoms with Crippen LogP contribution in [0.4, 0.5) is 15.8 Å². The monoisotopic (exact) mass is 596 g/mol. The molecule has 4 aromatic rings. The molecule has 0 bridgehead atoms. The first-order valence-electron chi connectivity index (χ1n) is 12.7. The van der Waals surface area contributed by atoms with Crippen molar-refractivity contribution in [3.05, 3.63) is 75.7 Å². The van der Waals surface area contributed by atoms with E-state index in [9.17, 15) is 14.0 Å². The molecule has 1 spiro atoms. The average molecular weight is 597 g/mol. The summed E-state index contributed by atoms with van der Waals surface area (Å²) < 4.78 is 25.2. The van der Waals surface area contributed by atoms with Crippen molar-refractivity contribution >= 4 is 46.4 Å². The number of imidazole rings is 1. The Bertz CT molecular complexity index is 1730. The largest absolute Gasteiger partial charge is 0.480 e. The summed E-state index contributed by atoms with van der Waals surface area (Å²) in [5.74, 6) is -0.528. The maximum atomic E-state index is 14.3. The van der Waals surface area contributed by atoms with Crippen LogP contribution in [-0.4, -0.2) is 51.7 Å². The van der Waals surface area contributed by atoms with Crippen LogP contribution in [0.2, 0.25) is 10.0 Å². The van der Waals surface area contributed by atoms with Gasteiger partial charge >= 0.3 is 6.01 Å². The summed E-state index contributed by atoms with van der Waals surface area (Å²) in [5.41, 5.74) is 0.595. The first-order valence-corrected chi connectivity index (χ1v) is 13.4. The number of hydrogen-bond acceptors (Lipinski definition) is 7. The Kier molecular flexibility index (Phi) is 6.58. The lowest BCUT2D eigenvalue weighted by atomic mass is 9.87. The summed E-state index contributed by atoms with van der Waals surface area (Å²) in [6.07, 6.45) is 1.43. The summed E-state index contributed by atoms with van der Waals surface area (Å²) in [6, 6.07) is 11.4. The van der Waals surface area contributed by atoms with Gasteiger partial charge in [-0.15, -0.1) is 0 Å². The van der Waals surface area contributed by atoms with E-state index in [1.807, 2.05) is 18.4 Å². The van der Waals surface area contributed by atoms with Gasteiger partial charge in [0.25, 0.3) is 11.8 Å². The van der Waals surface area contributed by atoms with Crippen LogP contribution in [0.1, 0.15) is 41.6 Å². The summed E-state index contributed by atoms with van der Waals surface area (Å²) in [5, 5.41) is 3.75. The number of nitrogens with one attached hydrogen (secondary N) is 1. The zero-order valence-electron chi connectivity index (χ0n) is 22.1. The highest BCUT2D eigenvalue weighted by atomic mass is 35.5. The molecule has 2 amide bonds. The van der Waals surface area contributed by atoms with Crippen LogP contribution in [0.15, 0.2) is 48.7 Å². The highest BCUT2D eigenvalue weighted by molar-refractivity contribution is 6.32. The number of rotatable bonds is 7. The molecule has 2 aliphatic heterocycles. The van der Waals surface area contributed by atoms with E-state index in [2.05, 4.69) is 15.3 Å². The second-order valence-electron chi connectivity index (χ2n) is 9.68. The Hall–Kier alpha value is -4.22. The molecule has 0 unspecified atom stereocenters. The lowest BCUT2D eigenvalue weighted by molar-refractivity contribution is -0.119. The molecule has 1 atom stereocenters. The molecular formula is C28H23Cl2FN6O4. The SMILES string of the molecule is COc1nc(OCCF)ncc1-c1nc2c(n1C(C)C)[C@@]1(C(=O)Nc3cc(Cl)ccc31)N(c1cccc(Cl)c1)C2=O. The maximum Gasteiger partial charge on any atom is 0.319 e. The highest BCUT2D eigenvalue weighted by Crippen LogP contribution is 2.54. The van der Waals surface area contributed by atoms with Crippen molar-refractivity contribution in [1.29, 1.82) is 0 Å². The van der Waals surface area contributed by atoms with Gasteiger partial charge in [0.2, 0.25) is 5.88 Å². The second-order valence-corrected chi connectivity index (χ2v) is 10.6. The molecule has 41 heavy (non-hydrogen) atoms. The van der Waals surface area contributed by atoms with Crippen molar-refractivity contribution in [2.75, 3.05) is 30.6 Å². The minimum Gasteiger partial charge on any atom is -0.480 e. The van der Waals surface area contributed by atoms with Gasteiger partial charge in [-0.1, -0.05) is 35.3 Å². The molecule has 6 rings (SSSR count). The van der Waals surface area contributed by atoms with Gasteiger partial charge in [-0.2, -0.15) is 4.98 Å². The fourth-order valence-corrected chi connectivity index (χ4v) is 5.85. The number of carbonyl (C=O) groups is 2. The third kappa shape index (κ3) is 3.94. The Morgan fingerprint density at radius 2 is 1.88 bits per heavy atom. The number of alkyl halides is 1. The van der Waals surface area contributed by atoms with E-state index in [1.54, 1.807) is 42.5 Å². The second kappa shape index (κ2) is 10.0. The summed E-state index contributed by atoms with van der Waals surface area (Å²) in [4.78, 5) is 43.2. The van der Waals surface area contributed by atoms with Crippen LogP contribution < -0.4 is 19.7 Å². The predicted molar refractivity (Wildman–Crippen MR) is 151 cm³/mol. The van der Waals surface area contributed by atoms with Gasteiger partial charge in [0.05, 0.1) is 18.4 Å². The van der Waals surface area contributed by atoms with E-state index >= 15 is 0 Å². The predicted octanol–water partition coefficient (Wildman–Crippen LogP) is 5.44. The van der Waals surface area contributed by atoms with Crippen molar-refractivity contribution in [3.8, 4) is 23.3 Å². The molecule has 2 aromatic carbocycles. The van der Waals surface area contributed by atoms with Gasteiger partial charge in [-0.3, -0.25) is 14.5 Å². The number of ether oxygens (including phenoxy) is 2. The number of benzene rings is 2. The molecule has 0 saturated heterocycles. The Balaban J connectivity index is 1.66. The Labute approximate surface area is 244 Å². The number of carbonyl (C=O) groups excluding carboxylic acids is 2. The summed E-state index contributed by atoms with van der Waals surface area (Å²) in [7, 11) is 1.42. The van der Waals surface area contributed by atoms with Crippen molar-refractivity contribution in [3.63, 3.8) is 0 Å². The van der Waals surface area contributed by atoms with Crippen LogP contribution >= 0.6 is 23.2 Å². The maximum absolute atomic E-state index is 14.3. The quantitative estimate of drug-likeness (QED) is 0.302. The van der Waals surface area contributed by atoms with E-state index in [1.165, 1.54) is 18.2 Å². The summed E-state index contributed by atoms with van der Waals surface area (Å²) >= 11 is 12.6. The molecule has 13 heteroatoms. The molecule has 0 radical (unpaired) electrons. The van der Waals surface area contributed by atoms with Crippen molar-refractivity contribution < 1.29 is 23.5 Å². The number of anilines is 2. The van der Waals surface area contributed by atoms with Gasteiger partial charge in [0, 0.05) is 39.2 Å². The number of fused-ring (bicyclic) bond motifs is 4. The van der Waals surface area contributed by atoms with Crippen molar-refractivity contribution in [2.24, 2.45) is 0 Å². The molecule has 0 saturated carbocycles. The first-order chi connectivity index (χ1) is 19.7. The van der Waals surface area contributed by atoms with Gasteiger partial charge in [0.15, 0.2) is 11.2 Å². The third-order valence-corrected chi connectivity index (χ3v) is 7.47. The first kappa shape index (κ1) is 27.0. The van der Waals surface area contributed by atoms with Crippen LogP contribution in [0.5, 0.6) is 11.9 Å². The van der Waals surface area contributed by atoms with E-state index < -0.39 is 24.0 Å². The Morgan fingerprint density at radius 1 is 1.10 bits per heavy atom. The van der Waals surface area contributed by atoms with E-state index in [0.29, 0.717) is 44.1 Å². The van der Waals surface area contributed by atoms with Gasteiger partial charge in [-0.05, 0) is 44.2 Å². The Morgan fingerprint density at radius 3 is 2.59 bits per heavy atom. The molecule has 2 aliphatic rings. The number of halogens is 3. The zero-order valence-corrected chi connectivity index (χ0v) is 23.6. The molecule has 0 aliphatic carbocycles. The minimum absolute atomic E-state index is 0.0703. The lowest BCUT2D eigenvalue weighted by Crippen LogP contribution is -2.51. The molecule has 2 aromatic heterocycles. The van der Waals surface area contributed by atoms with E-state index in [-0.39, 0.29) is 30.2 Å². The standard InChI is InChI=1S/C28H23Cl2FN6O4/c1-14(2)36-22-21(34-23(36)18-13-32-27(41-10-9-31)35-24(18)40-3)25(38)37(17-6-4-5-15(29)11-17)28(22)19-8-7-16(30)12-20(19)33-26(28)39/h4-8,11-14H,9-10H2,1-3H3,(H,33,39)/t28-/m0/s1. The molecular weight excluding hydrogens is 574 g/mol.